The third kappa shape index (κ3) is 4.05. The summed E-state index contributed by atoms with van der Waals surface area (Å²) in [7, 11) is 0. The van der Waals surface area contributed by atoms with Crippen molar-refractivity contribution >= 4 is 12.0 Å². The standard InChI is InChI=1S/C17H20N2O3/c1-12-9-15(13(2)22-12)17(3,21)11-19-16(20)7-6-14-5-4-8-18-10-14/h4-10,21H,11H2,1-3H3,(H,19,20). The Labute approximate surface area is 129 Å². The van der Waals surface area contributed by atoms with Gasteiger partial charge in [-0.25, -0.2) is 0 Å². The molecule has 0 aliphatic carbocycles. The van der Waals surface area contributed by atoms with Crippen LogP contribution in [0.1, 0.15) is 29.6 Å². The molecule has 0 radical (unpaired) electrons. The van der Waals surface area contributed by atoms with Crippen molar-refractivity contribution in [2.24, 2.45) is 0 Å². The molecule has 0 saturated carbocycles. The summed E-state index contributed by atoms with van der Waals surface area (Å²) in [4.78, 5) is 15.8. The van der Waals surface area contributed by atoms with E-state index in [9.17, 15) is 9.90 Å². The fourth-order valence-electron chi connectivity index (χ4n) is 2.23. The van der Waals surface area contributed by atoms with Crippen LogP contribution in [0, 0.1) is 13.8 Å². The Morgan fingerprint density at radius 2 is 2.27 bits per heavy atom. The van der Waals surface area contributed by atoms with Gasteiger partial charge < -0.3 is 14.8 Å². The lowest BCUT2D eigenvalue weighted by Crippen LogP contribution is -2.38. The first-order chi connectivity index (χ1) is 10.4. The predicted octanol–water partition coefficient (Wildman–Crippen LogP) is 2.33. The van der Waals surface area contributed by atoms with Crippen LogP contribution < -0.4 is 5.32 Å². The summed E-state index contributed by atoms with van der Waals surface area (Å²) in [6, 6.07) is 5.43. The number of carbonyl (C=O) groups excluding carboxylic acids is 1. The lowest BCUT2D eigenvalue weighted by molar-refractivity contribution is -0.117. The molecule has 0 bridgehead atoms. The molecule has 1 atom stereocenters. The number of nitrogens with one attached hydrogen (secondary N) is 1. The van der Waals surface area contributed by atoms with Crippen molar-refractivity contribution in [3.63, 3.8) is 0 Å². The van der Waals surface area contributed by atoms with E-state index in [0.717, 1.165) is 11.3 Å². The van der Waals surface area contributed by atoms with Crippen LogP contribution in [-0.4, -0.2) is 22.5 Å². The third-order valence-corrected chi connectivity index (χ3v) is 3.34. The second-order valence-corrected chi connectivity index (χ2v) is 5.44. The van der Waals surface area contributed by atoms with E-state index < -0.39 is 5.60 Å². The first-order valence-electron chi connectivity index (χ1n) is 7.04. The Hall–Kier alpha value is -2.40. The summed E-state index contributed by atoms with van der Waals surface area (Å²) in [5.41, 5.74) is 0.340. The monoisotopic (exact) mass is 300 g/mol. The fraction of sp³-hybridized carbons (Fsp3) is 0.294. The van der Waals surface area contributed by atoms with Crippen LogP contribution >= 0.6 is 0 Å². The van der Waals surface area contributed by atoms with E-state index in [0.29, 0.717) is 11.3 Å². The number of carbonyl (C=O) groups is 1. The molecule has 2 N–H and O–H groups in total. The number of pyridine rings is 1. The molecular weight excluding hydrogens is 280 g/mol. The van der Waals surface area contributed by atoms with E-state index in [2.05, 4.69) is 10.3 Å². The maximum Gasteiger partial charge on any atom is 0.244 e. The molecule has 22 heavy (non-hydrogen) atoms. The zero-order valence-electron chi connectivity index (χ0n) is 13.0. The van der Waals surface area contributed by atoms with Gasteiger partial charge in [-0.1, -0.05) is 6.07 Å². The topological polar surface area (TPSA) is 75.4 Å². The van der Waals surface area contributed by atoms with Gasteiger partial charge in [-0.3, -0.25) is 9.78 Å². The quantitative estimate of drug-likeness (QED) is 0.831. The molecule has 2 aromatic heterocycles. The first-order valence-corrected chi connectivity index (χ1v) is 7.04. The van der Waals surface area contributed by atoms with Crippen molar-refractivity contribution in [1.82, 2.24) is 10.3 Å². The Kier molecular flexibility index (Phi) is 4.78. The molecule has 0 aliphatic heterocycles. The summed E-state index contributed by atoms with van der Waals surface area (Å²) >= 11 is 0. The number of hydrogen-bond acceptors (Lipinski definition) is 4. The highest BCUT2D eigenvalue weighted by Crippen LogP contribution is 2.26. The van der Waals surface area contributed by atoms with Gasteiger partial charge in [-0.2, -0.15) is 0 Å². The molecule has 5 nitrogen and oxygen atoms in total. The Balaban J connectivity index is 1.95. The van der Waals surface area contributed by atoms with Crippen molar-refractivity contribution < 1.29 is 14.3 Å². The number of rotatable bonds is 5. The van der Waals surface area contributed by atoms with Gasteiger partial charge in [0.1, 0.15) is 17.1 Å². The molecule has 0 saturated heterocycles. The summed E-state index contributed by atoms with van der Waals surface area (Å²) in [5.74, 6) is 1.11. The van der Waals surface area contributed by atoms with E-state index in [-0.39, 0.29) is 12.5 Å². The van der Waals surface area contributed by atoms with Crippen LogP contribution in [0.5, 0.6) is 0 Å². The normalized spacial score (nSPS) is 14.0. The molecule has 1 unspecified atom stereocenters. The Morgan fingerprint density at radius 3 is 2.86 bits per heavy atom. The van der Waals surface area contributed by atoms with Crippen molar-refractivity contribution in [1.29, 1.82) is 0 Å². The lowest BCUT2D eigenvalue weighted by atomic mass is 9.96. The molecule has 0 aromatic carbocycles. The molecule has 116 valence electrons. The van der Waals surface area contributed by atoms with Gasteiger partial charge in [-0.15, -0.1) is 0 Å². The maximum atomic E-state index is 11.8. The number of amides is 1. The largest absolute Gasteiger partial charge is 0.466 e. The Bertz CT molecular complexity index is 672. The van der Waals surface area contributed by atoms with Gasteiger partial charge in [-0.05, 0) is 44.5 Å². The smallest absolute Gasteiger partial charge is 0.244 e. The zero-order valence-corrected chi connectivity index (χ0v) is 13.0. The molecule has 2 rings (SSSR count). The van der Waals surface area contributed by atoms with Crippen LogP contribution in [-0.2, 0) is 10.4 Å². The average molecular weight is 300 g/mol. The number of furan rings is 1. The highest BCUT2D eigenvalue weighted by Gasteiger charge is 2.27. The van der Waals surface area contributed by atoms with E-state index in [1.165, 1.54) is 6.08 Å². The molecular formula is C17H20N2O3. The van der Waals surface area contributed by atoms with Crippen molar-refractivity contribution in [2.75, 3.05) is 6.54 Å². The van der Waals surface area contributed by atoms with Crippen LogP contribution in [0.4, 0.5) is 0 Å². The molecule has 5 heteroatoms. The average Bonchev–Trinajstić information content (AvgIpc) is 2.84. The van der Waals surface area contributed by atoms with Gasteiger partial charge in [0.2, 0.25) is 5.91 Å². The van der Waals surface area contributed by atoms with E-state index >= 15 is 0 Å². The minimum absolute atomic E-state index is 0.100. The van der Waals surface area contributed by atoms with E-state index in [1.54, 1.807) is 44.4 Å². The number of nitrogens with zero attached hydrogens (tertiary/aromatic N) is 1. The van der Waals surface area contributed by atoms with E-state index in [1.807, 2.05) is 13.0 Å². The number of aliphatic hydroxyl groups is 1. The highest BCUT2D eigenvalue weighted by atomic mass is 16.3. The Morgan fingerprint density at radius 1 is 1.50 bits per heavy atom. The highest BCUT2D eigenvalue weighted by molar-refractivity contribution is 5.91. The minimum Gasteiger partial charge on any atom is -0.466 e. The van der Waals surface area contributed by atoms with Crippen LogP contribution in [0.2, 0.25) is 0 Å². The first kappa shape index (κ1) is 16.0. The molecule has 0 fully saturated rings. The van der Waals surface area contributed by atoms with E-state index in [4.69, 9.17) is 4.42 Å². The third-order valence-electron chi connectivity index (χ3n) is 3.34. The lowest BCUT2D eigenvalue weighted by Gasteiger charge is -2.22. The fourth-order valence-corrected chi connectivity index (χ4v) is 2.23. The summed E-state index contributed by atoms with van der Waals surface area (Å²) in [6.07, 6.45) is 6.42. The second kappa shape index (κ2) is 6.58. The minimum atomic E-state index is -1.18. The molecule has 1 amide bonds. The van der Waals surface area contributed by atoms with Crippen LogP contribution in [0.15, 0.2) is 41.1 Å². The van der Waals surface area contributed by atoms with Gasteiger partial charge >= 0.3 is 0 Å². The number of aryl methyl sites for hydroxylation is 2. The van der Waals surface area contributed by atoms with Crippen molar-refractivity contribution in [3.05, 3.63) is 59.3 Å². The number of hydrogen-bond donors (Lipinski definition) is 2. The molecule has 0 spiro atoms. The molecule has 0 aliphatic rings. The van der Waals surface area contributed by atoms with Crippen molar-refractivity contribution in [3.8, 4) is 0 Å². The maximum absolute atomic E-state index is 11.8. The summed E-state index contributed by atoms with van der Waals surface area (Å²) in [5, 5.41) is 13.2. The summed E-state index contributed by atoms with van der Waals surface area (Å²) < 4.78 is 5.42. The SMILES string of the molecule is Cc1cc(C(C)(O)CNC(=O)C=Cc2cccnc2)c(C)o1. The van der Waals surface area contributed by atoms with Gasteiger partial charge in [0.25, 0.3) is 0 Å². The van der Waals surface area contributed by atoms with Crippen molar-refractivity contribution in [2.45, 2.75) is 26.4 Å². The van der Waals surface area contributed by atoms with Gasteiger partial charge in [0.15, 0.2) is 0 Å². The molecule has 2 heterocycles. The number of aromatic nitrogens is 1. The van der Waals surface area contributed by atoms with Crippen LogP contribution in [0.3, 0.4) is 0 Å². The summed E-state index contributed by atoms with van der Waals surface area (Å²) in [6.45, 7) is 5.36. The van der Waals surface area contributed by atoms with Crippen LogP contribution in [0.25, 0.3) is 6.08 Å². The van der Waals surface area contributed by atoms with Gasteiger partial charge in [0.05, 0.1) is 6.54 Å². The zero-order chi connectivity index (χ0) is 16.2. The second-order valence-electron chi connectivity index (χ2n) is 5.44. The molecule has 2 aromatic rings. The van der Waals surface area contributed by atoms with Gasteiger partial charge in [0, 0.05) is 24.0 Å². The predicted molar refractivity (Wildman–Crippen MR) is 84.0 cm³/mol.